The lowest BCUT2D eigenvalue weighted by molar-refractivity contribution is -0.136. The molecule has 2 amide bonds. The molecule has 0 saturated heterocycles. The molecular weight excluding hydrogens is 600 g/mol. The van der Waals surface area contributed by atoms with Gasteiger partial charge in [-0.05, 0) is 54.8 Å². The number of benzene rings is 3. The lowest BCUT2D eigenvalue weighted by Gasteiger charge is -2.46. The molecule has 0 fully saturated rings. The van der Waals surface area contributed by atoms with Crippen LogP contribution < -0.4 is 20.0 Å². The van der Waals surface area contributed by atoms with Crippen molar-refractivity contribution in [2.75, 3.05) is 26.1 Å². The Morgan fingerprint density at radius 1 is 1.07 bits per heavy atom. The number of rotatable bonds is 10. The maximum absolute atomic E-state index is 14.4. The molecule has 3 N–H and O–H groups in total. The zero-order valence-electron chi connectivity index (χ0n) is 27.5. The molecule has 0 radical (unpaired) electrons. The van der Waals surface area contributed by atoms with Crippen LogP contribution in [0.2, 0.25) is 18.6 Å². The Balaban J connectivity index is 1.52. The summed E-state index contributed by atoms with van der Waals surface area (Å²) in [5, 5.41) is 24.0. The Kier molecular flexibility index (Phi) is 10.2. The van der Waals surface area contributed by atoms with Crippen molar-refractivity contribution in [2.45, 2.75) is 76.2 Å². The molecule has 0 aliphatic carbocycles. The minimum absolute atomic E-state index is 0.000567. The van der Waals surface area contributed by atoms with Crippen molar-refractivity contribution in [3.63, 3.8) is 0 Å². The number of aliphatic hydroxyl groups excluding tert-OH is 2. The summed E-state index contributed by atoms with van der Waals surface area (Å²) in [6.45, 7) is 8.43. The van der Waals surface area contributed by atoms with Crippen LogP contribution in [0.4, 0.5) is 5.69 Å². The zero-order chi connectivity index (χ0) is 33.2. The van der Waals surface area contributed by atoms with E-state index in [1.165, 1.54) is 17.7 Å². The number of amides is 2. The summed E-state index contributed by atoms with van der Waals surface area (Å²) in [4.78, 5) is 28.4. The van der Waals surface area contributed by atoms with Crippen molar-refractivity contribution in [1.29, 1.82) is 0 Å². The van der Waals surface area contributed by atoms with Gasteiger partial charge in [0, 0.05) is 42.8 Å². The molecule has 2 aliphatic heterocycles. The van der Waals surface area contributed by atoms with Gasteiger partial charge in [-0.3, -0.25) is 9.59 Å². The molecule has 0 bridgehead atoms. The molecule has 0 aromatic heterocycles. The maximum atomic E-state index is 14.4. The Morgan fingerprint density at radius 3 is 2.39 bits per heavy atom. The van der Waals surface area contributed by atoms with Crippen molar-refractivity contribution in [2.24, 2.45) is 5.92 Å². The number of hydrogen-bond acceptors (Lipinski definition) is 7. The van der Waals surface area contributed by atoms with Crippen LogP contribution in [0.1, 0.15) is 43.1 Å². The number of aliphatic hydroxyl groups is 2. The van der Waals surface area contributed by atoms with E-state index >= 15 is 0 Å². The van der Waals surface area contributed by atoms with E-state index in [9.17, 15) is 19.8 Å². The largest absolute Gasteiger partial charge is 0.497 e. The number of ether oxygens (including phenoxy) is 3. The molecule has 0 saturated carbocycles. The van der Waals surface area contributed by atoms with Crippen molar-refractivity contribution >= 4 is 30.8 Å². The average molecular weight is 647 g/mol. The molecule has 1 unspecified atom stereocenters. The number of nitrogens with zero attached hydrogens (tertiary/aromatic N) is 1. The Bertz CT molecular complexity index is 1540. The van der Waals surface area contributed by atoms with Gasteiger partial charge in [-0.15, -0.1) is 0 Å². The van der Waals surface area contributed by atoms with Gasteiger partial charge in [-0.1, -0.05) is 61.6 Å². The molecule has 0 spiro atoms. The minimum atomic E-state index is -2.44. The van der Waals surface area contributed by atoms with E-state index in [0.717, 1.165) is 16.9 Å². The zero-order valence-corrected chi connectivity index (χ0v) is 28.5. The van der Waals surface area contributed by atoms with E-state index < -0.39 is 20.1 Å². The van der Waals surface area contributed by atoms with Gasteiger partial charge in [0.05, 0.1) is 33.9 Å². The predicted octanol–water partition coefficient (Wildman–Crippen LogP) is 4.42. The van der Waals surface area contributed by atoms with E-state index in [1.54, 1.807) is 20.3 Å². The number of carbonyl (C=O) groups is 2. The van der Waals surface area contributed by atoms with Crippen molar-refractivity contribution in [3.8, 4) is 11.5 Å². The van der Waals surface area contributed by atoms with E-state index in [2.05, 4.69) is 49.6 Å². The standard InChI is InChI=1S/C36H46N2O7Si/c1-22-34(44-4)30-18-26(37-36(42)23(2)40)11-16-31(30)45-35(22)32(46(5,6)29-14-12-28(43-3)13-15-29)19-33(41)38-20-25-10-8-7-9-24(25)17-27(38)21-39/h7-16,18,22-23,27,32,34-35,39-40H,17,19-21H2,1-6H3,(H,37,42)/t22-,23-,27-,32?,34-,35-/m0/s1. The first-order valence-electron chi connectivity index (χ1n) is 15.9. The van der Waals surface area contributed by atoms with E-state index in [1.807, 2.05) is 41.3 Å². The molecular formula is C36H46N2O7Si. The summed E-state index contributed by atoms with van der Waals surface area (Å²) in [7, 11) is 0.868. The third-order valence-corrected chi connectivity index (χ3v) is 14.1. The van der Waals surface area contributed by atoms with E-state index in [0.29, 0.717) is 24.4 Å². The number of methoxy groups -OCH3 is 2. The number of hydrogen-bond donors (Lipinski definition) is 3. The lowest BCUT2D eigenvalue weighted by atomic mass is 9.86. The minimum Gasteiger partial charge on any atom is -0.497 e. The highest BCUT2D eigenvalue weighted by Gasteiger charge is 2.49. The monoisotopic (exact) mass is 646 g/mol. The lowest BCUT2D eigenvalue weighted by Crippen LogP contribution is -2.56. The second-order valence-corrected chi connectivity index (χ2v) is 17.9. The fourth-order valence-corrected chi connectivity index (χ4v) is 10.4. The van der Waals surface area contributed by atoms with Gasteiger partial charge >= 0.3 is 0 Å². The molecule has 5 rings (SSSR count). The molecule has 6 atom stereocenters. The van der Waals surface area contributed by atoms with Crippen LogP contribution in [-0.4, -0.2) is 74.1 Å². The molecule has 246 valence electrons. The Labute approximate surface area is 272 Å². The first-order chi connectivity index (χ1) is 22.0. The molecule has 10 heteroatoms. The van der Waals surface area contributed by atoms with Gasteiger partial charge < -0.3 is 34.6 Å². The van der Waals surface area contributed by atoms with Crippen LogP contribution in [-0.2, 0) is 27.3 Å². The summed E-state index contributed by atoms with van der Waals surface area (Å²) in [6.07, 6.45) is -0.981. The van der Waals surface area contributed by atoms with E-state index in [-0.39, 0.29) is 48.6 Å². The Hall–Kier alpha value is -3.70. The first-order valence-corrected chi connectivity index (χ1v) is 19.0. The third-order valence-electron chi connectivity index (χ3n) is 9.91. The Morgan fingerprint density at radius 2 is 1.76 bits per heavy atom. The highest BCUT2D eigenvalue weighted by Crippen LogP contribution is 2.48. The molecule has 3 aromatic rings. The van der Waals surface area contributed by atoms with Crippen LogP contribution in [0.3, 0.4) is 0 Å². The smallest absolute Gasteiger partial charge is 0.252 e. The van der Waals surface area contributed by atoms with Crippen LogP contribution in [0.15, 0.2) is 66.7 Å². The van der Waals surface area contributed by atoms with Gasteiger partial charge in [0.1, 0.15) is 23.7 Å². The van der Waals surface area contributed by atoms with Gasteiger partial charge in [-0.2, -0.15) is 0 Å². The van der Waals surface area contributed by atoms with Crippen LogP contribution in [0.25, 0.3) is 0 Å². The fourth-order valence-electron chi connectivity index (χ4n) is 7.07. The number of anilines is 1. The second kappa shape index (κ2) is 14.0. The van der Waals surface area contributed by atoms with Crippen molar-refractivity contribution in [3.05, 3.63) is 83.4 Å². The summed E-state index contributed by atoms with van der Waals surface area (Å²) < 4.78 is 18.4. The van der Waals surface area contributed by atoms with Gasteiger partial charge in [0.2, 0.25) is 5.91 Å². The predicted molar refractivity (Wildman–Crippen MR) is 180 cm³/mol. The fraction of sp³-hybridized carbons (Fsp3) is 0.444. The SMILES string of the molecule is COc1ccc([Si](C)(C)C(CC(=O)N2Cc3ccccc3C[C@H]2CO)[C@H]2Oc3ccc(NC(=O)[C@H](C)O)cc3[C@@H](OC)[C@@H]2C)cc1. The number of carbonyl (C=O) groups excluding carboxylic acids is 2. The van der Waals surface area contributed by atoms with Crippen molar-refractivity contribution < 1.29 is 34.0 Å². The maximum Gasteiger partial charge on any atom is 0.252 e. The highest BCUT2D eigenvalue weighted by molar-refractivity contribution is 6.91. The van der Waals surface area contributed by atoms with Gasteiger partial charge in [0.25, 0.3) is 5.91 Å². The molecule has 2 heterocycles. The van der Waals surface area contributed by atoms with Gasteiger partial charge in [0.15, 0.2) is 0 Å². The quantitative estimate of drug-likeness (QED) is 0.279. The van der Waals surface area contributed by atoms with Crippen LogP contribution in [0.5, 0.6) is 11.5 Å². The first kappa shape index (κ1) is 33.7. The van der Waals surface area contributed by atoms with Gasteiger partial charge in [-0.25, -0.2) is 0 Å². The summed E-state index contributed by atoms with van der Waals surface area (Å²) in [5.74, 6) is 0.775. The second-order valence-electron chi connectivity index (χ2n) is 13.1. The summed E-state index contributed by atoms with van der Waals surface area (Å²) >= 11 is 0. The number of fused-ring (bicyclic) bond motifs is 2. The summed E-state index contributed by atoms with van der Waals surface area (Å²) in [5.41, 5.74) is 3.47. The molecule has 9 nitrogen and oxygen atoms in total. The average Bonchev–Trinajstić information content (AvgIpc) is 3.06. The molecule has 46 heavy (non-hydrogen) atoms. The topological polar surface area (TPSA) is 118 Å². The summed E-state index contributed by atoms with van der Waals surface area (Å²) in [6, 6.07) is 21.4. The highest BCUT2D eigenvalue weighted by atomic mass is 28.3. The van der Waals surface area contributed by atoms with E-state index in [4.69, 9.17) is 14.2 Å². The third kappa shape index (κ3) is 6.71. The van der Waals surface area contributed by atoms with Crippen molar-refractivity contribution in [1.82, 2.24) is 4.90 Å². The number of nitrogens with one attached hydrogen (secondary N) is 1. The normalized spacial score (nSPS) is 22.1. The van der Waals surface area contributed by atoms with Crippen LogP contribution in [0, 0.1) is 5.92 Å². The molecule has 3 aromatic carbocycles. The molecule has 2 aliphatic rings. The van der Waals surface area contributed by atoms with Crippen LogP contribution >= 0.6 is 0 Å².